The maximum atomic E-state index is 12.6. The van der Waals surface area contributed by atoms with E-state index in [0.29, 0.717) is 21.1 Å². The van der Waals surface area contributed by atoms with Crippen molar-refractivity contribution in [1.29, 1.82) is 0 Å². The highest BCUT2D eigenvalue weighted by Crippen LogP contribution is 2.33. The molecular formula is C19H18F3N3O3S3. The van der Waals surface area contributed by atoms with E-state index < -0.39 is 32.1 Å². The second-order valence-electron chi connectivity index (χ2n) is 6.97. The van der Waals surface area contributed by atoms with Crippen LogP contribution in [0.25, 0.3) is 10.4 Å². The summed E-state index contributed by atoms with van der Waals surface area (Å²) >= 11 is 1.15. The van der Waals surface area contributed by atoms with E-state index in [1.807, 2.05) is 4.72 Å². The fourth-order valence-corrected chi connectivity index (χ4v) is 5.35. The third kappa shape index (κ3) is 5.70. The molecular weight excluding hydrogens is 471 g/mol. The van der Waals surface area contributed by atoms with Crippen LogP contribution in [0.15, 0.2) is 65.7 Å². The second-order valence-corrected chi connectivity index (χ2v) is 10.9. The standard InChI is InChI=1S/C19H18F3N3O3S3/c1-18(2,25-30(26)19(20,21)22)17-23-12-16(29-17)13-8-10-14(11-9-13)24-31(27,28)15-6-4-3-5-7-15/h3-12,24-25H,1-2H3. The number of nitrogens with zero attached hydrogens (tertiary/aromatic N) is 1. The predicted molar refractivity (Wildman–Crippen MR) is 115 cm³/mol. The summed E-state index contributed by atoms with van der Waals surface area (Å²) in [5.74, 6) is 0. The first-order valence-electron chi connectivity index (χ1n) is 8.79. The minimum Gasteiger partial charge on any atom is -0.280 e. The number of sulfonamides is 1. The Bertz CT molecular complexity index is 1180. The normalized spacial score (nSPS) is 13.7. The molecule has 2 aromatic carbocycles. The molecule has 1 atom stereocenters. The number of rotatable bonds is 7. The van der Waals surface area contributed by atoms with Crippen molar-refractivity contribution in [3.8, 4) is 10.4 Å². The molecule has 0 aliphatic rings. The zero-order valence-electron chi connectivity index (χ0n) is 16.3. The Morgan fingerprint density at radius 3 is 2.19 bits per heavy atom. The van der Waals surface area contributed by atoms with Crippen molar-refractivity contribution in [1.82, 2.24) is 9.71 Å². The Balaban J connectivity index is 1.75. The van der Waals surface area contributed by atoms with E-state index >= 15 is 0 Å². The molecule has 1 unspecified atom stereocenters. The Kier molecular flexibility index (Phi) is 6.56. The molecule has 0 aliphatic carbocycles. The van der Waals surface area contributed by atoms with Gasteiger partial charge in [-0.25, -0.2) is 22.3 Å². The minimum atomic E-state index is -4.87. The van der Waals surface area contributed by atoms with Gasteiger partial charge in [-0.15, -0.1) is 11.3 Å². The van der Waals surface area contributed by atoms with Crippen LogP contribution in [0.5, 0.6) is 0 Å². The Hall–Kier alpha value is -2.28. The zero-order valence-corrected chi connectivity index (χ0v) is 18.8. The van der Waals surface area contributed by atoms with Gasteiger partial charge in [0.1, 0.15) is 5.01 Å². The van der Waals surface area contributed by atoms with Crippen molar-refractivity contribution in [3.05, 3.63) is 65.8 Å². The van der Waals surface area contributed by atoms with Gasteiger partial charge in [-0.2, -0.15) is 13.2 Å². The summed E-state index contributed by atoms with van der Waals surface area (Å²) in [6, 6.07) is 14.4. The maximum absolute atomic E-state index is 12.6. The molecule has 0 fully saturated rings. The van der Waals surface area contributed by atoms with Gasteiger partial charge in [0.25, 0.3) is 10.0 Å². The first kappa shape index (κ1) is 23.4. The summed E-state index contributed by atoms with van der Waals surface area (Å²) in [7, 11) is -6.94. The van der Waals surface area contributed by atoms with Gasteiger partial charge in [-0.05, 0) is 43.7 Å². The van der Waals surface area contributed by atoms with Gasteiger partial charge in [-0.1, -0.05) is 30.3 Å². The Morgan fingerprint density at radius 2 is 1.61 bits per heavy atom. The average molecular weight is 490 g/mol. The van der Waals surface area contributed by atoms with E-state index in [0.717, 1.165) is 11.3 Å². The van der Waals surface area contributed by atoms with Crippen LogP contribution >= 0.6 is 11.3 Å². The van der Waals surface area contributed by atoms with E-state index in [2.05, 4.69) is 9.71 Å². The monoisotopic (exact) mass is 489 g/mol. The lowest BCUT2D eigenvalue weighted by Crippen LogP contribution is -2.42. The summed E-state index contributed by atoms with van der Waals surface area (Å²) in [5, 5.41) is 0.328. The summed E-state index contributed by atoms with van der Waals surface area (Å²) < 4.78 is 78.5. The van der Waals surface area contributed by atoms with Crippen molar-refractivity contribution >= 4 is 38.0 Å². The van der Waals surface area contributed by atoms with Crippen LogP contribution in [0.1, 0.15) is 18.9 Å². The smallest absolute Gasteiger partial charge is 0.280 e. The molecule has 3 aromatic rings. The van der Waals surface area contributed by atoms with Crippen molar-refractivity contribution in [2.75, 3.05) is 4.72 Å². The number of thiazole rings is 1. The number of hydrogen-bond donors (Lipinski definition) is 2. The number of anilines is 1. The molecule has 0 aliphatic heterocycles. The average Bonchev–Trinajstić information content (AvgIpc) is 3.19. The second kappa shape index (κ2) is 8.69. The Morgan fingerprint density at radius 1 is 1.00 bits per heavy atom. The van der Waals surface area contributed by atoms with Crippen LogP contribution in [0.2, 0.25) is 0 Å². The lowest BCUT2D eigenvalue weighted by Gasteiger charge is -2.23. The molecule has 1 aromatic heterocycles. The van der Waals surface area contributed by atoms with Crippen molar-refractivity contribution in [3.63, 3.8) is 0 Å². The predicted octanol–water partition coefficient (Wildman–Crippen LogP) is 4.62. The quantitative estimate of drug-likeness (QED) is 0.507. The van der Waals surface area contributed by atoms with Gasteiger partial charge in [-0.3, -0.25) is 4.72 Å². The number of nitrogens with one attached hydrogen (secondary N) is 2. The molecule has 0 amide bonds. The lowest BCUT2D eigenvalue weighted by molar-refractivity contribution is -0.0401. The summed E-state index contributed by atoms with van der Waals surface area (Å²) in [6.07, 6.45) is 1.50. The highest BCUT2D eigenvalue weighted by molar-refractivity contribution is 7.92. The molecule has 0 radical (unpaired) electrons. The van der Waals surface area contributed by atoms with E-state index in [1.54, 1.807) is 42.5 Å². The summed E-state index contributed by atoms with van der Waals surface area (Å²) in [5.41, 5.74) is -5.08. The van der Waals surface area contributed by atoms with Gasteiger partial charge < -0.3 is 0 Å². The molecule has 0 saturated carbocycles. The van der Waals surface area contributed by atoms with Crippen LogP contribution in [0.4, 0.5) is 18.9 Å². The minimum absolute atomic E-state index is 0.136. The van der Waals surface area contributed by atoms with Crippen LogP contribution in [0.3, 0.4) is 0 Å². The first-order valence-corrected chi connectivity index (χ1v) is 12.2. The molecule has 1 heterocycles. The van der Waals surface area contributed by atoms with Gasteiger partial charge in [0.15, 0.2) is 11.0 Å². The van der Waals surface area contributed by atoms with Gasteiger partial charge in [0, 0.05) is 11.9 Å². The topological polar surface area (TPSA) is 88.2 Å². The highest BCUT2D eigenvalue weighted by Gasteiger charge is 2.41. The zero-order chi connectivity index (χ0) is 22.9. The first-order chi connectivity index (χ1) is 14.4. The van der Waals surface area contributed by atoms with E-state index in [9.17, 15) is 25.8 Å². The molecule has 0 spiro atoms. The molecule has 2 N–H and O–H groups in total. The fourth-order valence-electron chi connectivity index (χ4n) is 2.55. The van der Waals surface area contributed by atoms with Gasteiger partial charge in [0.05, 0.1) is 15.3 Å². The van der Waals surface area contributed by atoms with Gasteiger partial charge >= 0.3 is 5.51 Å². The number of halogens is 3. The largest absolute Gasteiger partial charge is 0.485 e. The lowest BCUT2D eigenvalue weighted by atomic mass is 10.1. The number of benzene rings is 2. The van der Waals surface area contributed by atoms with Crippen LogP contribution in [-0.4, -0.2) is 23.1 Å². The van der Waals surface area contributed by atoms with Crippen molar-refractivity contribution < 1.29 is 25.8 Å². The van der Waals surface area contributed by atoms with E-state index in [1.165, 1.54) is 32.2 Å². The third-order valence-electron chi connectivity index (χ3n) is 4.07. The summed E-state index contributed by atoms with van der Waals surface area (Å²) in [6.45, 7) is 2.92. The highest BCUT2D eigenvalue weighted by atomic mass is 32.2. The van der Waals surface area contributed by atoms with Gasteiger partial charge in [0.2, 0.25) is 0 Å². The molecule has 12 heteroatoms. The van der Waals surface area contributed by atoms with Crippen LogP contribution in [0, 0.1) is 0 Å². The molecule has 0 bridgehead atoms. The van der Waals surface area contributed by atoms with Crippen molar-refractivity contribution in [2.24, 2.45) is 0 Å². The van der Waals surface area contributed by atoms with Crippen molar-refractivity contribution in [2.45, 2.75) is 29.8 Å². The number of aromatic nitrogens is 1. The summed E-state index contributed by atoms with van der Waals surface area (Å²) in [4.78, 5) is 4.97. The molecule has 0 saturated heterocycles. The fraction of sp³-hybridized carbons (Fsp3) is 0.211. The molecule has 166 valence electrons. The van der Waals surface area contributed by atoms with E-state index in [4.69, 9.17) is 0 Å². The SMILES string of the molecule is CC(C)(NS(=O)C(F)(F)F)c1ncc(-c2ccc(NS(=O)(=O)c3ccccc3)cc2)s1. The molecule has 31 heavy (non-hydrogen) atoms. The van der Waals surface area contributed by atoms with Crippen LogP contribution < -0.4 is 9.44 Å². The molecule has 6 nitrogen and oxygen atoms in total. The third-order valence-corrected chi connectivity index (χ3v) is 7.96. The number of alkyl halides is 3. The molecule has 3 rings (SSSR count). The van der Waals surface area contributed by atoms with E-state index in [-0.39, 0.29) is 4.90 Å². The number of hydrogen-bond acceptors (Lipinski definition) is 5. The Labute approximate surface area is 184 Å². The maximum Gasteiger partial charge on any atom is 0.485 e. The van der Waals surface area contributed by atoms with Crippen LogP contribution in [-0.2, 0) is 26.5 Å².